The summed E-state index contributed by atoms with van der Waals surface area (Å²) in [4.78, 5) is 14.2. The molecule has 0 unspecified atom stereocenters. The van der Waals surface area contributed by atoms with E-state index in [-0.39, 0.29) is 34.1 Å². The Morgan fingerprint density at radius 1 is 1.17 bits per heavy atom. The van der Waals surface area contributed by atoms with Crippen LogP contribution in [0.3, 0.4) is 0 Å². The number of nitrogens with zero attached hydrogens (tertiary/aromatic N) is 1. The Morgan fingerprint density at radius 3 is 2.67 bits per heavy atom. The maximum atomic E-state index is 14.0. The number of nitrogens with one attached hydrogen (secondary N) is 1. The van der Waals surface area contributed by atoms with Gasteiger partial charge in [-0.3, -0.25) is 4.72 Å². The van der Waals surface area contributed by atoms with Crippen LogP contribution in [-0.2, 0) is 16.4 Å². The summed E-state index contributed by atoms with van der Waals surface area (Å²) >= 11 is 0. The van der Waals surface area contributed by atoms with E-state index in [1.807, 2.05) is 13.8 Å². The van der Waals surface area contributed by atoms with E-state index >= 15 is 0 Å². The molecule has 0 aliphatic carbocycles. The number of sulfonamides is 1. The van der Waals surface area contributed by atoms with Gasteiger partial charge in [-0.05, 0) is 55.1 Å². The van der Waals surface area contributed by atoms with Gasteiger partial charge in [0.15, 0.2) is 0 Å². The van der Waals surface area contributed by atoms with Crippen LogP contribution in [0.25, 0.3) is 17.2 Å². The molecule has 2 aromatic carbocycles. The number of anilines is 1. The number of rotatable bonds is 9. The van der Waals surface area contributed by atoms with Crippen molar-refractivity contribution in [2.75, 3.05) is 31.0 Å². The van der Waals surface area contributed by atoms with Gasteiger partial charge in [0, 0.05) is 24.1 Å². The number of carboxylic acid groups (broad SMARTS) is 1. The summed E-state index contributed by atoms with van der Waals surface area (Å²) in [5.41, 5.74) is 0.874. The Hall–Kier alpha value is -3.63. The first-order valence-electron chi connectivity index (χ1n) is 11.6. The van der Waals surface area contributed by atoms with Crippen molar-refractivity contribution in [3.63, 3.8) is 0 Å². The lowest BCUT2D eigenvalue weighted by Gasteiger charge is -2.17. The summed E-state index contributed by atoms with van der Waals surface area (Å²) in [5, 5.41) is 9.98. The predicted molar refractivity (Wildman–Crippen MR) is 134 cm³/mol. The number of fused-ring (bicyclic) bond motifs is 3. The molecule has 1 aliphatic rings. The summed E-state index contributed by atoms with van der Waals surface area (Å²) in [6, 6.07) is 8.03. The SMILES string of the molecule is CCN(CC)C/C=C\c1cc(F)ccc1S(=O)(=O)Nc1ccc2c(c1C(=O)O)OCCc1occc1-2. The van der Waals surface area contributed by atoms with Crippen LogP contribution in [0.1, 0.15) is 35.5 Å². The molecule has 1 aromatic heterocycles. The molecule has 10 heteroatoms. The molecule has 2 N–H and O–H groups in total. The van der Waals surface area contributed by atoms with E-state index in [0.717, 1.165) is 31.3 Å². The lowest BCUT2D eigenvalue weighted by Crippen LogP contribution is -2.22. The highest BCUT2D eigenvalue weighted by Gasteiger charge is 2.28. The molecule has 0 spiro atoms. The number of carboxylic acids is 1. The molecule has 0 bridgehead atoms. The zero-order valence-corrected chi connectivity index (χ0v) is 20.8. The largest absolute Gasteiger partial charge is 0.491 e. The van der Waals surface area contributed by atoms with Crippen LogP contribution in [-0.4, -0.2) is 50.6 Å². The second kappa shape index (κ2) is 10.5. The fraction of sp³-hybridized carbons (Fsp3) is 0.269. The Labute approximate surface area is 209 Å². The van der Waals surface area contributed by atoms with E-state index in [0.29, 0.717) is 29.9 Å². The molecule has 1 aliphatic heterocycles. The quantitative estimate of drug-likeness (QED) is 0.419. The van der Waals surface area contributed by atoms with Crippen molar-refractivity contribution in [3.05, 3.63) is 71.4 Å². The van der Waals surface area contributed by atoms with E-state index in [9.17, 15) is 22.7 Å². The number of hydrogen-bond acceptors (Lipinski definition) is 6. The first-order chi connectivity index (χ1) is 17.2. The fourth-order valence-corrected chi connectivity index (χ4v) is 5.42. The summed E-state index contributed by atoms with van der Waals surface area (Å²) in [7, 11) is -4.28. The van der Waals surface area contributed by atoms with Crippen molar-refractivity contribution in [2.24, 2.45) is 0 Å². The second-order valence-corrected chi connectivity index (χ2v) is 9.85. The van der Waals surface area contributed by atoms with E-state index in [4.69, 9.17) is 9.15 Å². The summed E-state index contributed by atoms with van der Waals surface area (Å²) in [6.07, 6.45) is 5.27. The van der Waals surface area contributed by atoms with Crippen LogP contribution < -0.4 is 9.46 Å². The van der Waals surface area contributed by atoms with Crippen molar-refractivity contribution in [1.82, 2.24) is 4.90 Å². The molecule has 0 saturated heterocycles. The monoisotopic (exact) mass is 514 g/mol. The number of ether oxygens (including phenoxy) is 1. The highest BCUT2D eigenvalue weighted by Crippen LogP contribution is 2.42. The van der Waals surface area contributed by atoms with Crippen LogP contribution in [0.2, 0.25) is 0 Å². The van der Waals surface area contributed by atoms with Crippen LogP contribution in [0.4, 0.5) is 10.1 Å². The topological polar surface area (TPSA) is 109 Å². The normalized spacial score (nSPS) is 13.2. The number of halogens is 1. The predicted octanol–water partition coefficient (Wildman–Crippen LogP) is 4.87. The smallest absolute Gasteiger partial charge is 0.341 e. The molecule has 0 atom stereocenters. The molecule has 8 nitrogen and oxygen atoms in total. The Bertz CT molecular complexity index is 1410. The maximum absolute atomic E-state index is 14.0. The number of likely N-dealkylation sites (N-methyl/N-ethyl adjacent to an activating group) is 1. The molecule has 0 amide bonds. The lowest BCUT2D eigenvalue weighted by atomic mass is 10.0. The van der Waals surface area contributed by atoms with Gasteiger partial charge in [0.2, 0.25) is 0 Å². The molecule has 0 fully saturated rings. The molecule has 2 heterocycles. The molecule has 36 heavy (non-hydrogen) atoms. The van der Waals surface area contributed by atoms with Gasteiger partial charge in [-0.15, -0.1) is 0 Å². The minimum atomic E-state index is -4.28. The van der Waals surface area contributed by atoms with Crippen LogP contribution in [0, 0.1) is 5.82 Å². The maximum Gasteiger partial charge on any atom is 0.341 e. The zero-order chi connectivity index (χ0) is 25.9. The van der Waals surface area contributed by atoms with Crippen LogP contribution in [0.5, 0.6) is 5.75 Å². The number of carbonyl (C=O) groups is 1. The third-order valence-electron chi connectivity index (χ3n) is 6.04. The molecule has 0 saturated carbocycles. The fourth-order valence-electron chi connectivity index (χ4n) is 4.17. The number of aromatic carboxylic acids is 1. The Morgan fingerprint density at radius 2 is 1.94 bits per heavy atom. The van der Waals surface area contributed by atoms with Crippen molar-refractivity contribution in [3.8, 4) is 16.9 Å². The van der Waals surface area contributed by atoms with Gasteiger partial charge in [-0.2, -0.15) is 0 Å². The molecular formula is C26H27FN2O6S. The third kappa shape index (κ3) is 5.14. The zero-order valence-electron chi connectivity index (χ0n) is 20.0. The van der Waals surface area contributed by atoms with Crippen LogP contribution >= 0.6 is 0 Å². The Kier molecular flexibility index (Phi) is 7.46. The summed E-state index contributed by atoms with van der Waals surface area (Å²) in [5.74, 6) is -1.22. The summed E-state index contributed by atoms with van der Waals surface area (Å²) in [6.45, 7) is 6.39. The van der Waals surface area contributed by atoms with Crippen molar-refractivity contribution in [2.45, 2.75) is 25.2 Å². The number of furan rings is 1. The third-order valence-corrected chi connectivity index (χ3v) is 7.48. The van der Waals surface area contributed by atoms with E-state index < -0.39 is 21.8 Å². The number of hydrogen-bond donors (Lipinski definition) is 2. The second-order valence-electron chi connectivity index (χ2n) is 8.20. The van der Waals surface area contributed by atoms with E-state index in [1.54, 1.807) is 24.3 Å². The first-order valence-corrected chi connectivity index (χ1v) is 13.0. The van der Waals surface area contributed by atoms with Gasteiger partial charge >= 0.3 is 5.97 Å². The standard InChI is InChI=1S/C26H27FN2O6S/c1-3-29(4-2)13-5-6-17-16-18(27)7-10-23(17)36(32,33)28-21-9-8-20-19-11-14-34-22(19)12-15-35-25(20)24(21)26(30)31/h5-11,14,16,28H,3-4,12-13,15H2,1-2H3,(H,30,31)/b6-5-. The average molecular weight is 515 g/mol. The van der Waals surface area contributed by atoms with Gasteiger partial charge in [0.1, 0.15) is 22.9 Å². The lowest BCUT2D eigenvalue weighted by molar-refractivity contribution is 0.0693. The molecule has 0 radical (unpaired) electrons. The van der Waals surface area contributed by atoms with Gasteiger partial charge < -0.3 is 19.2 Å². The Balaban J connectivity index is 1.73. The van der Waals surface area contributed by atoms with Crippen LogP contribution in [0.15, 0.2) is 58.1 Å². The van der Waals surface area contributed by atoms with Gasteiger partial charge in [-0.25, -0.2) is 17.6 Å². The minimum Gasteiger partial charge on any atom is -0.491 e. The van der Waals surface area contributed by atoms with E-state index in [2.05, 4.69) is 9.62 Å². The molecule has 190 valence electrons. The average Bonchev–Trinajstić information content (AvgIpc) is 3.22. The highest BCUT2D eigenvalue weighted by molar-refractivity contribution is 7.92. The molecule has 3 aromatic rings. The van der Waals surface area contributed by atoms with Gasteiger partial charge in [0.05, 0.1) is 23.5 Å². The van der Waals surface area contributed by atoms with Gasteiger partial charge in [0.25, 0.3) is 10.0 Å². The number of benzene rings is 2. The van der Waals surface area contributed by atoms with Crippen molar-refractivity contribution in [1.29, 1.82) is 0 Å². The summed E-state index contributed by atoms with van der Waals surface area (Å²) < 4.78 is 54.4. The van der Waals surface area contributed by atoms with Crippen molar-refractivity contribution >= 4 is 27.8 Å². The molecular weight excluding hydrogens is 487 g/mol. The van der Waals surface area contributed by atoms with E-state index in [1.165, 1.54) is 12.3 Å². The molecule has 4 rings (SSSR count). The highest BCUT2D eigenvalue weighted by atomic mass is 32.2. The van der Waals surface area contributed by atoms with Crippen molar-refractivity contribution < 1.29 is 31.9 Å². The van der Waals surface area contributed by atoms with Gasteiger partial charge in [-0.1, -0.05) is 26.0 Å². The minimum absolute atomic E-state index is 0.0568. The first kappa shape index (κ1) is 25.5.